The molecule has 72 heavy (non-hydrogen) atoms. The summed E-state index contributed by atoms with van der Waals surface area (Å²) < 4.78 is 6.25. The van der Waals surface area contributed by atoms with Crippen molar-refractivity contribution in [3.8, 4) is 23.3 Å². The molecule has 9 aromatic carbocycles. The van der Waals surface area contributed by atoms with Gasteiger partial charge in [0.05, 0.1) is 0 Å². The number of rotatable bonds is 12. The van der Waals surface area contributed by atoms with Crippen molar-refractivity contribution in [1.82, 2.24) is 0 Å². The fraction of sp³-hybridized carbons (Fsp3) is 0.100. The number of carbonyl (C=O) groups excluding carboxylic acids is 1. The maximum absolute atomic E-state index is 14.5. The van der Waals surface area contributed by atoms with Crippen molar-refractivity contribution < 1.29 is 9.53 Å². The maximum atomic E-state index is 14.5. The Hall–Kier alpha value is -8.77. The first-order chi connectivity index (χ1) is 35.4. The van der Waals surface area contributed by atoms with Gasteiger partial charge in [-0.1, -0.05) is 225 Å². The van der Waals surface area contributed by atoms with E-state index in [-0.39, 0.29) is 5.78 Å². The summed E-state index contributed by atoms with van der Waals surface area (Å²) >= 11 is 0. The van der Waals surface area contributed by atoms with Crippen LogP contribution in [-0.4, -0.2) is 5.78 Å². The van der Waals surface area contributed by atoms with Crippen molar-refractivity contribution in [1.29, 1.82) is 0 Å². The van der Waals surface area contributed by atoms with E-state index in [0.717, 1.165) is 74.4 Å². The maximum Gasteiger partial charge on any atom is 0.195 e. The minimum atomic E-state index is 0.0298. The van der Waals surface area contributed by atoms with Gasteiger partial charge >= 0.3 is 0 Å². The zero-order valence-corrected chi connectivity index (χ0v) is 40.9. The average molecular weight is 929 g/mol. The Kier molecular flexibility index (Phi) is 14.6. The van der Waals surface area contributed by atoms with Crippen molar-refractivity contribution in [2.24, 2.45) is 0 Å². The van der Waals surface area contributed by atoms with Crippen LogP contribution in [-0.2, 0) is 24.1 Å². The van der Waals surface area contributed by atoms with Gasteiger partial charge in [0.25, 0.3) is 0 Å². The van der Waals surface area contributed by atoms with Gasteiger partial charge in [0.15, 0.2) is 5.78 Å². The van der Waals surface area contributed by atoms with Crippen LogP contribution < -0.4 is 4.74 Å². The number of ether oxygens (including phenoxy) is 1. The Balaban J connectivity index is 0.000000209. The van der Waals surface area contributed by atoms with Crippen LogP contribution in [0, 0.1) is 18.8 Å². The standard InChI is InChI=1S/C46H32O2.C24H24/c1-31-12-19-37(20-13-31)42-43(45(36-10-6-3-7-11-36)46(47)44(42)35-8-4-2-5-9-35)38-24-28-41(29-25-38)48-40-26-17-32(18-27-40)14-15-33-16-21-34-22-23-39(34)30-33;1-20(24-10-6-3-7-11-24)12-13-22-16-18-23(19-17-22)15-14-21-8-4-2-5-9-21/h2-13,16-21,24-30H,22-23H2,1H3;2-11,14-20H,12-13H2,1H3/b;15-14+. The molecule has 0 aromatic heterocycles. The van der Waals surface area contributed by atoms with Crippen molar-refractivity contribution in [3.63, 3.8) is 0 Å². The highest BCUT2D eigenvalue weighted by atomic mass is 16.5. The number of carbonyl (C=O) groups is 1. The molecule has 0 fully saturated rings. The molecule has 2 nitrogen and oxygen atoms in total. The quantitative estimate of drug-likeness (QED) is 0.0901. The van der Waals surface area contributed by atoms with Crippen LogP contribution in [0.3, 0.4) is 0 Å². The molecule has 0 aliphatic heterocycles. The Bertz CT molecular complexity index is 3440. The number of Topliss-reactive ketones (excluding diaryl/α,β-unsaturated/α-hetero) is 1. The molecule has 0 saturated heterocycles. The summed E-state index contributed by atoms with van der Waals surface area (Å²) in [5, 5.41) is 0. The lowest BCUT2D eigenvalue weighted by Crippen LogP contribution is -2.07. The first kappa shape index (κ1) is 46.9. The fourth-order valence-corrected chi connectivity index (χ4v) is 9.39. The van der Waals surface area contributed by atoms with Crippen LogP contribution in [0.4, 0.5) is 0 Å². The summed E-state index contributed by atoms with van der Waals surface area (Å²) in [6.07, 6.45) is 8.97. The molecule has 9 aromatic rings. The molecule has 1 atom stereocenters. The SMILES string of the molecule is CC(CCc1ccc(/C=C/c2ccccc2)cc1)c1ccccc1.Cc1ccc(C2=C(c3ccccc3)C(=O)C(c3ccccc3)=C2c2ccc(Oc3ccc(C#Cc4ccc5c(c4)CC5)cc3)cc2)cc1. The molecule has 2 aliphatic rings. The highest BCUT2D eigenvalue weighted by molar-refractivity contribution is 6.59. The van der Waals surface area contributed by atoms with Crippen molar-refractivity contribution in [2.75, 3.05) is 0 Å². The topological polar surface area (TPSA) is 26.3 Å². The second-order valence-electron chi connectivity index (χ2n) is 18.6. The van der Waals surface area contributed by atoms with Gasteiger partial charge in [-0.25, -0.2) is 0 Å². The van der Waals surface area contributed by atoms with Crippen molar-refractivity contribution in [3.05, 3.63) is 309 Å². The van der Waals surface area contributed by atoms with Gasteiger partial charge < -0.3 is 4.74 Å². The van der Waals surface area contributed by atoms with E-state index in [1.165, 1.54) is 51.8 Å². The van der Waals surface area contributed by atoms with E-state index in [1.54, 1.807) is 0 Å². The molecular formula is C70H56O2. The minimum Gasteiger partial charge on any atom is -0.457 e. The monoisotopic (exact) mass is 928 g/mol. The van der Waals surface area contributed by atoms with Gasteiger partial charge in [0.2, 0.25) is 0 Å². The largest absolute Gasteiger partial charge is 0.457 e. The molecule has 0 heterocycles. The lowest BCUT2D eigenvalue weighted by molar-refractivity contribution is -0.108. The first-order valence-corrected chi connectivity index (χ1v) is 25.0. The molecule has 2 aliphatic carbocycles. The third kappa shape index (κ3) is 11.3. The second kappa shape index (κ2) is 22.3. The number of ketones is 1. The van der Waals surface area contributed by atoms with Gasteiger partial charge in [-0.2, -0.15) is 0 Å². The number of fused-ring (bicyclic) bond motifs is 1. The van der Waals surface area contributed by atoms with Crippen molar-refractivity contribution >= 4 is 40.2 Å². The molecule has 348 valence electrons. The average Bonchev–Trinajstić information content (AvgIpc) is 3.74. The van der Waals surface area contributed by atoms with E-state index in [0.29, 0.717) is 11.5 Å². The molecule has 0 N–H and O–H groups in total. The van der Waals surface area contributed by atoms with Crippen LogP contribution >= 0.6 is 0 Å². The zero-order valence-electron chi connectivity index (χ0n) is 40.9. The molecule has 0 radical (unpaired) electrons. The lowest BCUT2D eigenvalue weighted by Gasteiger charge is -2.17. The van der Waals surface area contributed by atoms with Gasteiger partial charge in [-0.3, -0.25) is 4.79 Å². The third-order valence-electron chi connectivity index (χ3n) is 13.6. The predicted octanol–water partition coefficient (Wildman–Crippen LogP) is 17.0. The fourth-order valence-electron chi connectivity index (χ4n) is 9.39. The first-order valence-electron chi connectivity index (χ1n) is 25.0. The number of aryl methyl sites for hydroxylation is 4. The summed E-state index contributed by atoms with van der Waals surface area (Å²) in [6.45, 7) is 4.39. The molecule has 0 saturated carbocycles. The Labute approximate surface area is 425 Å². The smallest absolute Gasteiger partial charge is 0.195 e. The highest BCUT2D eigenvalue weighted by Crippen LogP contribution is 2.50. The van der Waals surface area contributed by atoms with Crippen LogP contribution in [0.25, 0.3) is 34.4 Å². The Morgan fingerprint density at radius 2 is 0.917 bits per heavy atom. The predicted molar refractivity (Wildman–Crippen MR) is 300 cm³/mol. The lowest BCUT2D eigenvalue weighted by atomic mass is 9.87. The third-order valence-corrected chi connectivity index (χ3v) is 13.6. The zero-order chi connectivity index (χ0) is 49.1. The van der Waals surface area contributed by atoms with Gasteiger partial charge in [-0.05, 0) is 143 Å². The second-order valence-corrected chi connectivity index (χ2v) is 18.6. The van der Waals surface area contributed by atoms with Crippen molar-refractivity contribution in [2.45, 2.75) is 45.4 Å². The van der Waals surface area contributed by atoms with Crippen LogP contribution in [0.15, 0.2) is 237 Å². The van der Waals surface area contributed by atoms with Crippen LogP contribution in [0.2, 0.25) is 0 Å². The summed E-state index contributed by atoms with van der Waals surface area (Å²) in [6, 6.07) is 81.0. The normalized spacial score (nSPS) is 13.1. The van der Waals surface area contributed by atoms with E-state index in [1.807, 2.05) is 103 Å². The van der Waals surface area contributed by atoms with Gasteiger partial charge in [0, 0.05) is 33.4 Å². The molecule has 1 unspecified atom stereocenters. The van der Waals surface area contributed by atoms with E-state index in [4.69, 9.17) is 4.74 Å². The molecule has 2 heteroatoms. The van der Waals surface area contributed by atoms with E-state index >= 15 is 0 Å². The number of hydrogen-bond donors (Lipinski definition) is 0. The Morgan fingerprint density at radius 3 is 1.46 bits per heavy atom. The number of allylic oxidation sites excluding steroid dienone is 4. The van der Waals surface area contributed by atoms with E-state index in [9.17, 15) is 4.79 Å². The van der Waals surface area contributed by atoms with Gasteiger partial charge in [-0.15, -0.1) is 0 Å². The van der Waals surface area contributed by atoms with Crippen LogP contribution in [0.5, 0.6) is 11.5 Å². The number of hydrogen-bond acceptors (Lipinski definition) is 2. The minimum absolute atomic E-state index is 0.0298. The summed E-state index contributed by atoms with van der Waals surface area (Å²) in [4.78, 5) is 14.5. The van der Waals surface area contributed by atoms with E-state index in [2.05, 4.69) is 171 Å². The summed E-state index contributed by atoms with van der Waals surface area (Å²) in [5.74, 6) is 8.65. The van der Waals surface area contributed by atoms with Crippen LogP contribution in [0.1, 0.15) is 91.6 Å². The summed E-state index contributed by atoms with van der Waals surface area (Å²) in [7, 11) is 0. The molecule has 0 amide bonds. The number of benzene rings is 9. The molecular weight excluding hydrogens is 873 g/mol. The van der Waals surface area contributed by atoms with Gasteiger partial charge in [0.1, 0.15) is 11.5 Å². The molecule has 11 rings (SSSR count). The molecule has 0 bridgehead atoms. The Morgan fingerprint density at radius 1 is 0.458 bits per heavy atom. The van der Waals surface area contributed by atoms with E-state index < -0.39 is 0 Å². The highest BCUT2D eigenvalue weighted by Gasteiger charge is 2.35. The molecule has 0 spiro atoms. The summed E-state index contributed by atoms with van der Waals surface area (Å²) in [5.41, 5.74) is 18.4.